The second kappa shape index (κ2) is 7.00. The van der Waals surface area contributed by atoms with Crippen molar-refractivity contribution in [2.75, 3.05) is 7.11 Å². The number of nitrogens with zero attached hydrogens (tertiary/aromatic N) is 1. The van der Waals surface area contributed by atoms with Crippen molar-refractivity contribution in [3.05, 3.63) is 39.9 Å². The standard InChI is InChI=1S/C14H20N2O4/c1-9(2)13(14(17)20-4)15-10(3)11-5-7-12(8-6-11)16(18)19/h5-10,13,15H,1-4H3/t10?,13-/m0/s1. The third-order valence-corrected chi connectivity index (χ3v) is 3.16. The van der Waals surface area contributed by atoms with Crippen molar-refractivity contribution in [3.63, 3.8) is 0 Å². The van der Waals surface area contributed by atoms with E-state index in [0.717, 1.165) is 5.56 Å². The molecule has 0 aliphatic heterocycles. The fraction of sp³-hybridized carbons (Fsp3) is 0.500. The zero-order chi connectivity index (χ0) is 15.3. The fourth-order valence-electron chi connectivity index (χ4n) is 1.91. The summed E-state index contributed by atoms with van der Waals surface area (Å²) in [7, 11) is 1.36. The molecule has 1 aromatic rings. The van der Waals surface area contributed by atoms with Crippen LogP contribution in [0.1, 0.15) is 32.4 Å². The zero-order valence-electron chi connectivity index (χ0n) is 12.1. The van der Waals surface area contributed by atoms with Crippen molar-refractivity contribution >= 4 is 11.7 Å². The van der Waals surface area contributed by atoms with Crippen molar-refractivity contribution in [3.8, 4) is 0 Å². The van der Waals surface area contributed by atoms with E-state index in [1.165, 1.54) is 19.2 Å². The van der Waals surface area contributed by atoms with E-state index in [-0.39, 0.29) is 23.6 Å². The molecule has 1 unspecified atom stereocenters. The van der Waals surface area contributed by atoms with Gasteiger partial charge in [-0.25, -0.2) is 0 Å². The van der Waals surface area contributed by atoms with Gasteiger partial charge in [0.25, 0.3) is 5.69 Å². The van der Waals surface area contributed by atoms with Gasteiger partial charge in [0.2, 0.25) is 0 Å². The summed E-state index contributed by atoms with van der Waals surface area (Å²) in [6.07, 6.45) is 0. The lowest BCUT2D eigenvalue weighted by Gasteiger charge is -2.24. The molecule has 0 radical (unpaired) electrons. The Morgan fingerprint density at radius 1 is 1.25 bits per heavy atom. The third-order valence-electron chi connectivity index (χ3n) is 3.16. The number of nitro benzene ring substituents is 1. The summed E-state index contributed by atoms with van der Waals surface area (Å²) in [6, 6.07) is 5.76. The topological polar surface area (TPSA) is 81.5 Å². The molecule has 1 N–H and O–H groups in total. The fourth-order valence-corrected chi connectivity index (χ4v) is 1.91. The van der Waals surface area contributed by atoms with Crippen LogP contribution in [0.2, 0.25) is 0 Å². The number of carbonyl (C=O) groups is 1. The molecule has 2 atom stereocenters. The predicted octanol–water partition coefficient (Wildman–Crippen LogP) is 2.44. The van der Waals surface area contributed by atoms with Crippen LogP contribution in [0.25, 0.3) is 0 Å². The summed E-state index contributed by atoms with van der Waals surface area (Å²) < 4.78 is 4.77. The number of methoxy groups -OCH3 is 1. The number of hydrogen-bond donors (Lipinski definition) is 1. The molecular formula is C14H20N2O4. The highest BCUT2D eigenvalue weighted by molar-refractivity contribution is 5.76. The summed E-state index contributed by atoms with van der Waals surface area (Å²) in [4.78, 5) is 21.9. The largest absolute Gasteiger partial charge is 0.468 e. The zero-order valence-corrected chi connectivity index (χ0v) is 12.1. The molecule has 1 rings (SSSR count). The lowest BCUT2D eigenvalue weighted by molar-refractivity contribution is -0.384. The van der Waals surface area contributed by atoms with Crippen LogP contribution in [-0.4, -0.2) is 24.0 Å². The highest BCUT2D eigenvalue weighted by Crippen LogP contribution is 2.19. The first-order valence-electron chi connectivity index (χ1n) is 6.45. The van der Waals surface area contributed by atoms with Gasteiger partial charge in [-0.1, -0.05) is 26.0 Å². The lowest BCUT2D eigenvalue weighted by Crippen LogP contribution is -2.42. The van der Waals surface area contributed by atoms with Gasteiger partial charge < -0.3 is 4.74 Å². The number of carbonyl (C=O) groups excluding carboxylic acids is 1. The molecule has 110 valence electrons. The predicted molar refractivity (Wildman–Crippen MR) is 75.3 cm³/mol. The van der Waals surface area contributed by atoms with Gasteiger partial charge in [0.15, 0.2) is 0 Å². The summed E-state index contributed by atoms with van der Waals surface area (Å²) in [6.45, 7) is 5.76. The van der Waals surface area contributed by atoms with Gasteiger partial charge in [-0.3, -0.25) is 20.2 Å². The number of nitrogens with one attached hydrogen (secondary N) is 1. The van der Waals surface area contributed by atoms with E-state index in [9.17, 15) is 14.9 Å². The molecule has 0 spiro atoms. The summed E-state index contributed by atoms with van der Waals surface area (Å²) in [5.41, 5.74) is 0.930. The Morgan fingerprint density at radius 3 is 2.20 bits per heavy atom. The summed E-state index contributed by atoms with van der Waals surface area (Å²) in [5, 5.41) is 13.8. The van der Waals surface area contributed by atoms with Crippen LogP contribution in [0.4, 0.5) is 5.69 Å². The number of rotatable bonds is 6. The Balaban J connectivity index is 2.80. The van der Waals surface area contributed by atoms with Crippen molar-refractivity contribution in [1.29, 1.82) is 0 Å². The van der Waals surface area contributed by atoms with Crippen molar-refractivity contribution in [2.45, 2.75) is 32.9 Å². The molecule has 0 aromatic heterocycles. The van der Waals surface area contributed by atoms with Crippen LogP contribution < -0.4 is 5.32 Å². The highest BCUT2D eigenvalue weighted by atomic mass is 16.6. The number of nitro groups is 1. The van der Waals surface area contributed by atoms with Crippen LogP contribution in [0.15, 0.2) is 24.3 Å². The van der Waals surface area contributed by atoms with E-state index < -0.39 is 11.0 Å². The maximum Gasteiger partial charge on any atom is 0.323 e. The van der Waals surface area contributed by atoms with Crippen LogP contribution in [-0.2, 0) is 9.53 Å². The van der Waals surface area contributed by atoms with E-state index in [0.29, 0.717) is 0 Å². The van der Waals surface area contributed by atoms with E-state index in [2.05, 4.69) is 5.32 Å². The summed E-state index contributed by atoms with van der Waals surface area (Å²) in [5.74, 6) is -0.225. The number of ether oxygens (including phenoxy) is 1. The van der Waals surface area contributed by atoms with Crippen LogP contribution >= 0.6 is 0 Å². The first kappa shape index (κ1) is 16.1. The Bertz CT molecular complexity index is 471. The minimum atomic E-state index is -0.437. The molecule has 6 nitrogen and oxygen atoms in total. The van der Waals surface area contributed by atoms with Crippen LogP contribution in [0.5, 0.6) is 0 Å². The van der Waals surface area contributed by atoms with Crippen LogP contribution in [0.3, 0.4) is 0 Å². The molecule has 0 saturated carbocycles. The molecule has 0 fully saturated rings. The average molecular weight is 280 g/mol. The third kappa shape index (κ3) is 4.03. The summed E-state index contributed by atoms with van der Waals surface area (Å²) >= 11 is 0. The Kier molecular flexibility index (Phi) is 5.64. The lowest BCUT2D eigenvalue weighted by atomic mass is 10.0. The van der Waals surface area contributed by atoms with E-state index in [1.54, 1.807) is 12.1 Å². The van der Waals surface area contributed by atoms with E-state index in [4.69, 9.17) is 4.74 Å². The van der Waals surface area contributed by atoms with Gasteiger partial charge in [-0.2, -0.15) is 0 Å². The number of hydrogen-bond acceptors (Lipinski definition) is 5. The minimum Gasteiger partial charge on any atom is -0.468 e. The van der Waals surface area contributed by atoms with Crippen molar-refractivity contribution < 1.29 is 14.5 Å². The molecule has 20 heavy (non-hydrogen) atoms. The van der Waals surface area contributed by atoms with Crippen molar-refractivity contribution in [2.24, 2.45) is 5.92 Å². The number of benzene rings is 1. The normalized spacial score (nSPS) is 13.8. The minimum absolute atomic E-state index is 0.0503. The van der Waals surface area contributed by atoms with E-state index >= 15 is 0 Å². The second-order valence-electron chi connectivity index (χ2n) is 4.98. The van der Waals surface area contributed by atoms with Gasteiger partial charge in [-0.15, -0.1) is 0 Å². The molecule has 0 saturated heterocycles. The van der Waals surface area contributed by atoms with Crippen LogP contribution in [0, 0.1) is 16.0 Å². The SMILES string of the molecule is COC(=O)[C@@H](NC(C)c1ccc([N+](=O)[O-])cc1)C(C)C. The Labute approximate surface area is 118 Å². The van der Waals surface area contributed by atoms with Gasteiger partial charge in [0, 0.05) is 18.2 Å². The molecule has 0 amide bonds. The van der Waals surface area contributed by atoms with E-state index in [1.807, 2.05) is 20.8 Å². The number of non-ortho nitro benzene ring substituents is 1. The molecule has 0 heterocycles. The van der Waals surface area contributed by atoms with Gasteiger partial charge in [0.05, 0.1) is 12.0 Å². The number of esters is 1. The molecule has 6 heteroatoms. The molecule has 1 aromatic carbocycles. The molecule has 0 bridgehead atoms. The molecular weight excluding hydrogens is 260 g/mol. The first-order chi connectivity index (χ1) is 9.36. The maximum absolute atomic E-state index is 11.7. The highest BCUT2D eigenvalue weighted by Gasteiger charge is 2.24. The Hall–Kier alpha value is -1.95. The van der Waals surface area contributed by atoms with Gasteiger partial charge in [-0.05, 0) is 18.4 Å². The quantitative estimate of drug-likeness (QED) is 0.491. The molecule has 0 aliphatic carbocycles. The molecule has 0 aliphatic rings. The average Bonchev–Trinajstić information content (AvgIpc) is 2.43. The smallest absolute Gasteiger partial charge is 0.323 e. The van der Waals surface area contributed by atoms with Gasteiger partial charge >= 0.3 is 5.97 Å². The monoisotopic (exact) mass is 280 g/mol. The first-order valence-corrected chi connectivity index (χ1v) is 6.45. The van der Waals surface area contributed by atoms with Gasteiger partial charge in [0.1, 0.15) is 6.04 Å². The maximum atomic E-state index is 11.7. The Morgan fingerprint density at radius 2 is 1.80 bits per heavy atom. The van der Waals surface area contributed by atoms with Crippen molar-refractivity contribution in [1.82, 2.24) is 5.32 Å². The second-order valence-corrected chi connectivity index (χ2v) is 4.98.